The molecule has 2 N–H and O–H groups in total. The number of benzene rings is 1. The maximum atomic E-state index is 12.9. The summed E-state index contributed by atoms with van der Waals surface area (Å²) >= 11 is 0. The number of hydrogen-bond donors (Lipinski definition) is 2. The summed E-state index contributed by atoms with van der Waals surface area (Å²) < 4.78 is 62.8. The summed E-state index contributed by atoms with van der Waals surface area (Å²) in [4.78, 5) is 15.5. The molecule has 0 aliphatic rings. The second kappa shape index (κ2) is 9.38. The number of carbonyl (C=O) groups is 1. The molecule has 0 spiro atoms. The smallest absolute Gasteiger partial charge is 0.368 e. The Balaban J connectivity index is 1.82. The van der Waals surface area contributed by atoms with Crippen molar-refractivity contribution in [1.82, 2.24) is 10.3 Å². The number of rotatable bonds is 8. The van der Waals surface area contributed by atoms with E-state index in [0.717, 1.165) is 12.1 Å². The monoisotopic (exact) mass is 426 g/mol. The van der Waals surface area contributed by atoms with Crippen LogP contribution in [0.3, 0.4) is 0 Å². The first-order valence-corrected chi connectivity index (χ1v) is 10.1. The number of sulfone groups is 1. The van der Waals surface area contributed by atoms with Crippen molar-refractivity contribution in [1.29, 1.82) is 5.26 Å². The number of pyridine rings is 1. The van der Waals surface area contributed by atoms with Gasteiger partial charge in [-0.05, 0) is 29.8 Å². The molecule has 29 heavy (non-hydrogen) atoms. The molecule has 0 atom stereocenters. The number of anilines is 1. The molecule has 0 aliphatic heterocycles. The number of aromatic nitrogens is 1. The van der Waals surface area contributed by atoms with E-state index in [0.29, 0.717) is 11.1 Å². The van der Waals surface area contributed by atoms with E-state index in [1.54, 1.807) is 0 Å². The maximum Gasteiger partial charge on any atom is 0.419 e. The van der Waals surface area contributed by atoms with Gasteiger partial charge in [-0.1, -0.05) is 12.1 Å². The van der Waals surface area contributed by atoms with E-state index < -0.39 is 33.2 Å². The number of carbonyl (C=O) groups excluding carboxylic acids is 1. The molecular weight excluding hydrogens is 409 g/mol. The fourth-order valence-corrected chi connectivity index (χ4v) is 3.69. The lowest BCUT2D eigenvalue weighted by molar-refractivity contribution is -0.137. The van der Waals surface area contributed by atoms with Crippen LogP contribution < -0.4 is 10.6 Å². The van der Waals surface area contributed by atoms with Crippen molar-refractivity contribution < 1.29 is 26.4 Å². The maximum absolute atomic E-state index is 12.9. The molecule has 11 heteroatoms. The first-order chi connectivity index (χ1) is 13.6. The first kappa shape index (κ1) is 22.2. The number of nitrogens with zero attached hydrogens (tertiary/aromatic N) is 2. The molecule has 154 valence electrons. The Morgan fingerprint density at radius 1 is 1.14 bits per heavy atom. The lowest BCUT2D eigenvalue weighted by Crippen LogP contribution is -2.34. The summed E-state index contributed by atoms with van der Waals surface area (Å²) in [5.74, 6) is -2.27. The molecule has 7 nitrogen and oxygen atoms in total. The Labute approximate surface area is 165 Å². The number of nitrogens with one attached hydrogen (secondary N) is 2. The van der Waals surface area contributed by atoms with Gasteiger partial charge in [0.05, 0.1) is 22.9 Å². The van der Waals surface area contributed by atoms with Crippen molar-refractivity contribution >= 4 is 21.6 Å². The van der Waals surface area contributed by atoms with Crippen molar-refractivity contribution in [3.63, 3.8) is 0 Å². The minimum absolute atomic E-state index is 0.0680. The van der Waals surface area contributed by atoms with Gasteiger partial charge in [0.15, 0.2) is 9.84 Å². The van der Waals surface area contributed by atoms with Crippen LogP contribution in [0.15, 0.2) is 42.6 Å². The average molecular weight is 426 g/mol. The van der Waals surface area contributed by atoms with Crippen LogP contribution >= 0.6 is 0 Å². The largest absolute Gasteiger partial charge is 0.419 e. The minimum atomic E-state index is -4.57. The number of halogens is 3. The third kappa shape index (κ3) is 7.08. The van der Waals surface area contributed by atoms with E-state index in [1.807, 2.05) is 6.07 Å². The van der Waals surface area contributed by atoms with Crippen LogP contribution in [0.1, 0.15) is 16.7 Å². The van der Waals surface area contributed by atoms with Gasteiger partial charge >= 0.3 is 6.18 Å². The molecule has 0 saturated carbocycles. The molecular formula is C18H17F3N4O3S. The Kier molecular flexibility index (Phi) is 7.17. The molecule has 0 radical (unpaired) electrons. The predicted molar refractivity (Wildman–Crippen MR) is 99.4 cm³/mol. The van der Waals surface area contributed by atoms with Gasteiger partial charge < -0.3 is 10.6 Å². The summed E-state index contributed by atoms with van der Waals surface area (Å²) in [6.07, 6.45) is -3.37. The van der Waals surface area contributed by atoms with Crippen LogP contribution in [0.25, 0.3) is 0 Å². The third-order valence-electron chi connectivity index (χ3n) is 3.67. The Bertz CT molecular complexity index is 1000. The fraction of sp³-hybridized carbons (Fsp3) is 0.278. The van der Waals surface area contributed by atoms with Gasteiger partial charge in [-0.3, -0.25) is 4.79 Å². The number of amides is 1. The summed E-state index contributed by atoms with van der Waals surface area (Å²) in [7, 11) is -3.75. The number of hydrogen-bond acceptors (Lipinski definition) is 6. The topological polar surface area (TPSA) is 112 Å². The molecule has 0 unspecified atom stereocenters. The van der Waals surface area contributed by atoms with Gasteiger partial charge in [0.25, 0.3) is 0 Å². The van der Waals surface area contributed by atoms with Gasteiger partial charge in [0, 0.05) is 19.3 Å². The van der Waals surface area contributed by atoms with Gasteiger partial charge in [-0.25, -0.2) is 13.4 Å². The average Bonchev–Trinajstić information content (AvgIpc) is 2.64. The summed E-state index contributed by atoms with van der Waals surface area (Å²) in [6, 6.07) is 9.88. The molecule has 0 saturated heterocycles. The molecule has 0 aliphatic carbocycles. The van der Waals surface area contributed by atoms with Crippen molar-refractivity contribution in [2.75, 3.05) is 24.2 Å². The second-order valence-corrected chi connectivity index (χ2v) is 8.08. The van der Waals surface area contributed by atoms with E-state index in [4.69, 9.17) is 5.26 Å². The molecule has 2 rings (SSSR count). The normalized spacial score (nSPS) is 11.5. The van der Waals surface area contributed by atoms with Gasteiger partial charge in [0.2, 0.25) is 5.91 Å². The van der Waals surface area contributed by atoms with E-state index in [9.17, 15) is 26.4 Å². The SMILES string of the molecule is N#Cc1ccc(CS(=O)(=O)CC(=O)NCCNc2ncccc2C(F)(F)F)cc1. The van der Waals surface area contributed by atoms with Crippen LogP contribution in [0.5, 0.6) is 0 Å². The van der Waals surface area contributed by atoms with E-state index in [2.05, 4.69) is 15.6 Å². The zero-order valence-corrected chi connectivity index (χ0v) is 15.8. The highest BCUT2D eigenvalue weighted by molar-refractivity contribution is 7.91. The molecule has 1 amide bonds. The quantitative estimate of drug-likeness (QED) is 0.626. The Hall–Kier alpha value is -3.13. The van der Waals surface area contributed by atoms with Crippen LogP contribution in [-0.2, 0) is 26.6 Å². The zero-order chi connectivity index (χ0) is 21.5. The predicted octanol–water partition coefficient (Wildman–Crippen LogP) is 2.12. The molecule has 0 bridgehead atoms. The van der Waals surface area contributed by atoms with Crippen molar-refractivity contribution in [3.8, 4) is 6.07 Å². The standard InChI is InChI=1S/C18H17F3N4O3S/c19-18(20,21)15-2-1-7-24-17(15)25-9-8-23-16(26)12-29(27,28)11-14-5-3-13(10-22)4-6-14/h1-7H,8-9,11-12H2,(H,23,26)(H,24,25). The van der Waals surface area contributed by atoms with Gasteiger partial charge in [-0.2, -0.15) is 18.4 Å². The Morgan fingerprint density at radius 2 is 1.83 bits per heavy atom. The highest BCUT2D eigenvalue weighted by atomic mass is 32.2. The highest BCUT2D eigenvalue weighted by Crippen LogP contribution is 2.33. The molecule has 1 aromatic heterocycles. The van der Waals surface area contributed by atoms with Crippen LogP contribution in [0.2, 0.25) is 0 Å². The van der Waals surface area contributed by atoms with Crippen molar-refractivity contribution in [3.05, 3.63) is 59.3 Å². The second-order valence-electron chi connectivity index (χ2n) is 6.02. The minimum Gasteiger partial charge on any atom is -0.368 e. The van der Waals surface area contributed by atoms with Crippen molar-refractivity contribution in [2.24, 2.45) is 0 Å². The van der Waals surface area contributed by atoms with E-state index in [1.165, 1.54) is 30.5 Å². The van der Waals surface area contributed by atoms with E-state index >= 15 is 0 Å². The van der Waals surface area contributed by atoms with Crippen LogP contribution in [0.4, 0.5) is 19.0 Å². The summed E-state index contributed by atoms with van der Waals surface area (Å²) in [5.41, 5.74) is -0.109. The first-order valence-electron chi connectivity index (χ1n) is 8.33. The number of alkyl halides is 3. The van der Waals surface area contributed by atoms with Crippen LogP contribution in [0, 0.1) is 11.3 Å². The van der Waals surface area contributed by atoms with Gasteiger partial charge in [-0.15, -0.1) is 0 Å². The molecule has 1 heterocycles. The zero-order valence-electron chi connectivity index (χ0n) is 15.0. The summed E-state index contributed by atoms with van der Waals surface area (Å²) in [5, 5.41) is 13.5. The Morgan fingerprint density at radius 3 is 2.45 bits per heavy atom. The van der Waals surface area contributed by atoms with Crippen LogP contribution in [-0.4, -0.2) is 38.2 Å². The van der Waals surface area contributed by atoms with Gasteiger partial charge in [0.1, 0.15) is 11.6 Å². The molecule has 0 fully saturated rings. The number of nitriles is 1. The third-order valence-corrected chi connectivity index (χ3v) is 5.15. The van der Waals surface area contributed by atoms with E-state index in [-0.39, 0.29) is 24.7 Å². The summed E-state index contributed by atoms with van der Waals surface area (Å²) in [6.45, 7) is -0.152. The molecule has 1 aromatic carbocycles. The highest BCUT2D eigenvalue weighted by Gasteiger charge is 2.33. The van der Waals surface area contributed by atoms with Crippen molar-refractivity contribution in [2.45, 2.75) is 11.9 Å². The molecule has 2 aromatic rings. The fourth-order valence-electron chi connectivity index (χ4n) is 2.39. The lowest BCUT2D eigenvalue weighted by Gasteiger charge is -2.13. The lowest BCUT2D eigenvalue weighted by atomic mass is 10.2.